The van der Waals surface area contributed by atoms with E-state index in [1.807, 2.05) is 0 Å². The summed E-state index contributed by atoms with van der Waals surface area (Å²) >= 11 is 1.80. The van der Waals surface area contributed by atoms with E-state index in [1.54, 1.807) is 23.4 Å². The molecule has 6 heteroatoms. The average Bonchev–Trinajstić information content (AvgIpc) is 3.09. The van der Waals surface area contributed by atoms with Crippen LogP contribution >= 0.6 is 11.8 Å². The number of nitrogens with zero attached hydrogens (tertiary/aromatic N) is 2. The fourth-order valence-electron chi connectivity index (χ4n) is 3.42. The summed E-state index contributed by atoms with van der Waals surface area (Å²) in [6.07, 6.45) is 6.30. The number of rotatable bonds is 6. The molecule has 0 radical (unpaired) electrons. The highest BCUT2D eigenvalue weighted by Crippen LogP contribution is 2.50. The number of methoxy groups -OCH3 is 1. The van der Waals surface area contributed by atoms with E-state index in [0.29, 0.717) is 18.4 Å². The lowest BCUT2D eigenvalue weighted by Crippen LogP contribution is -2.20. The Hall–Kier alpha value is -0.750. The van der Waals surface area contributed by atoms with Crippen molar-refractivity contribution < 1.29 is 4.74 Å². The van der Waals surface area contributed by atoms with Gasteiger partial charge in [0.15, 0.2) is 5.16 Å². The minimum Gasteiger partial charge on any atom is -0.385 e. The molecule has 0 aliphatic heterocycles. The summed E-state index contributed by atoms with van der Waals surface area (Å²) < 4.78 is 6.80. The normalized spacial score (nSPS) is 29.2. The maximum Gasteiger partial charge on any atom is 0.343 e. The van der Waals surface area contributed by atoms with Crippen LogP contribution in [0.5, 0.6) is 0 Å². The Morgan fingerprint density at radius 2 is 2.37 bits per heavy atom. The van der Waals surface area contributed by atoms with Gasteiger partial charge >= 0.3 is 5.69 Å². The van der Waals surface area contributed by atoms with Gasteiger partial charge in [-0.15, -0.1) is 5.10 Å². The van der Waals surface area contributed by atoms with E-state index < -0.39 is 0 Å². The number of H-pyrrole nitrogens is 1. The zero-order valence-corrected chi connectivity index (χ0v) is 12.1. The number of aromatic amines is 1. The van der Waals surface area contributed by atoms with Crippen molar-refractivity contribution in [3.63, 3.8) is 0 Å². The Labute approximate surface area is 117 Å². The van der Waals surface area contributed by atoms with E-state index in [9.17, 15) is 4.79 Å². The van der Waals surface area contributed by atoms with Crippen LogP contribution in [0.15, 0.2) is 9.95 Å². The molecule has 0 amide bonds. The molecule has 3 atom stereocenters. The Kier molecular flexibility index (Phi) is 3.98. The molecule has 0 aromatic carbocycles. The topological polar surface area (TPSA) is 59.9 Å². The number of aromatic nitrogens is 3. The molecule has 2 fully saturated rings. The molecule has 1 aromatic rings. The second-order valence-corrected chi connectivity index (χ2v) is 6.85. The van der Waals surface area contributed by atoms with Crippen LogP contribution in [0.3, 0.4) is 0 Å². The summed E-state index contributed by atoms with van der Waals surface area (Å²) in [6, 6.07) is 0. The van der Waals surface area contributed by atoms with Crippen LogP contribution in [0.2, 0.25) is 0 Å². The van der Waals surface area contributed by atoms with Gasteiger partial charge < -0.3 is 4.74 Å². The Balaban J connectivity index is 1.65. The van der Waals surface area contributed by atoms with Crippen molar-refractivity contribution in [3.05, 3.63) is 10.5 Å². The number of nitrogens with one attached hydrogen (secondary N) is 1. The van der Waals surface area contributed by atoms with Gasteiger partial charge in [-0.25, -0.2) is 9.89 Å². The van der Waals surface area contributed by atoms with Crippen molar-refractivity contribution in [1.29, 1.82) is 0 Å². The Bertz CT molecular complexity index is 484. The van der Waals surface area contributed by atoms with E-state index in [1.165, 1.54) is 25.7 Å². The molecule has 0 saturated heterocycles. The van der Waals surface area contributed by atoms with Crippen LogP contribution < -0.4 is 5.69 Å². The molecule has 0 unspecified atom stereocenters. The predicted octanol–water partition coefficient (Wildman–Crippen LogP) is 1.89. The highest BCUT2D eigenvalue weighted by atomic mass is 32.2. The number of hydrogen-bond acceptors (Lipinski definition) is 4. The summed E-state index contributed by atoms with van der Waals surface area (Å²) in [5.74, 6) is 1.77. The van der Waals surface area contributed by atoms with Gasteiger partial charge in [-0.1, -0.05) is 18.2 Å². The van der Waals surface area contributed by atoms with Crippen molar-refractivity contribution >= 4 is 11.8 Å². The van der Waals surface area contributed by atoms with Crippen LogP contribution in [0.1, 0.15) is 32.1 Å². The first-order valence-electron chi connectivity index (χ1n) is 7.08. The predicted molar refractivity (Wildman–Crippen MR) is 74.4 cm³/mol. The maximum absolute atomic E-state index is 11.8. The third-order valence-electron chi connectivity index (χ3n) is 4.38. The highest BCUT2D eigenvalue weighted by molar-refractivity contribution is 7.99. The SMILES string of the molecule is COCCCn1c(S[C@@H]2C[C@H]3CC[C@@H]2C3)n[nH]c1=O. The van der Waals surface area contributed by atoms with Crippen molar-refractivity contribution in [3.8, 4) is 0 Å². The molecule has 5 nitrogen and oxygen atoms in total. The Morgan fingerprint density at radius 3 is 3.05 bits per heavy atom. The van der Waals surface area contributed by atoms with Gasteiger partial charge in [0.2, 0.25) is 0 Å². The number of fused-ring (bicyclic) bond motifs is 2. The smallest absolute Gasteiger partial charge is 0.343 e. The number of thioether (sulfide) groups is 1. The molecule has 2 bridgehead atoms. The van der Waals surface area contributed by atoms with Crippen LogP contribution in [0.25, 0.3) is 0 Å². The summed E-state index contributed by atoms with van der Waals surface area (Å²) in [7, 11) is 1.68. The highest BCUT2D eigenvalue weighted by Gasteiger charge is 2.40. The number of hydrogen-bond donors (Lipinski definition) is 1. The van der Waals surface area contributed by atoms with E-state index in [2.05, 4.69) is 10.2 Å². The lowest BCUT2D eigenvalue weighted by molar-refractivity contribution is 0.189. The van der Waals surface area contributed by atoms with E-state index in [0.717, 1.165) is 23.4 Å². The lowest BCUT2D eigenvalue weighted by Gasteiger charge is -2.20. The van der Waals surface area contributed by atoms with Gasteiger partial charge in [0.25, 0.3) is 0 Å². The van der Waals surface area contributed by atoms with Crippen LogP contribution in [-0.2, 0) is 11.3 Å². The van der Waals surface area contributed by atoms with Gasteiger partial charge in [0.05, 0.1) is 0 Å². The minimum absolute atomic E-state index is 0.0956. The minimum atomic E-state index is -0.0956. The fourth-order valence-corrected chi connectivity index (χ4v) is 4.90. The quantitative estimate of drug-likeness (QED) is 0.810. The molecule has 19 heavy (non-hydrogen) atoms. The second kappa shape index (κ2) is 5.71. The molecule has 1 N–H and O–H groups in total. The molecule has 1 heterocycles. The van der Waals surface area contributed by atoms with Crippen molar-refractivity contribution in [2.75, 3.05) is 13.7 Å². The largest absolute Gasteiger partial charge is 0.385 e. The fraction of sp³-hybridized carbons (Fsp3) is 0.846. The molecule has 2 aliphatic rings. The summed E-state index contributed by atoms with van der Waals surface area (Å²) in [6.45, 7) is 1.36. The summed E-state index contributed by atoms with van der Waals surface area (Å²) in [4.78, 5) is 11.8. The maximum atomic E-state index is 11.8. The van der Waals surface area contributed by atoms with Crippen molar-refractivity contribution in [2.24, 2.45) is 11.8 Å². The van der Waals surface area contributed by atoms with Crippen molar-refractivity contribution in [1.82, 2.24) is 14.8 Å². The molecule has 2 saturated carbocycles. The molecule has 1 aromatic heterocycles. The van der Waals surface area contributed by atoms with Crippen molar-refractivity contribution in [2.45, 2.75) is 49.1 Å². The lowest BCUT2D eigenvalue weighted by atomic mass is 10.0. The average molecular weight is 283 g/mol. The molecular weight excluding hydrogens is 262 g/mol. The second-order valence-electron chi connectivity index (χ2n) is 5.64. The molecule has 106 valence electrons. The summed E-state index contributed by atoms with van der Waals surface area (Å²) in [5, 5.41) is 8.29. The first kappa shape index (κ1) is 13.2. The molecular formula is C13H21N3O2S. The zero-order chi connectivity index (χ0) is 13.2. The third-order valence-corrected chi connectivity index (χ3v) is 5.79. The zero-order valence-electron chi connectivity index (χ0n) is 11.3. The van der Waals surface area contributed by atoms with Gasteiger partial charge in [-0.2, -0.15) is 0 Å². The van der Waals surface area contributed by atoms with E-state index >= 15 is 0 Å². The Morgan fingerprint density at radius 1 is 1.47 bits per heavy atom. The first-order chi connectivity index (χ1) is 9.28. The van der Waals surface area contributed by atoms with E-state index in [-0.39, 0.29) is 5.69 Å². The van der Waals surface area contributed by atoms with Crippen LogP contribution in [-0.4, -0.2) is 33.7 Å². The van der Waals surface area contributed by atoms with Gasteiger partial charge in [-0.05, 0) is 37.5 Å². The summed E-state index contributed by atoms with van der Waals surface area (Å²) in [5.41, 5.74) is -0.0956. The first-order valence-corrected chi connectivity index (χ1v) is 7.96. The molecule has 2 aliphatic carbocycles. The monoisotopic (exact) mass is 283 g/mol. The van der Waals surface area contributed by atoms with E-state index in [4.69, 9.17) is 4.74 Å². The number of ether oxygens (including phenoxy) is 1. The third kappa shape index (κ3) is 2.74. The van der Waals surface area contributed by atoms with Crippen LogP contribution in [0.4, 0.5) is 0 Å². The van der Waals surface area contributed by atoms with Gasteiger partial charge in [-0.3, -0.25) is 4.57 Å². The van der Waals surface area contributed by atoms with Gasteiger partial charge in [0.1, 0.15) is 0 Å². The van der Waals surface area contributed by atoms with Gasteiger partial charge in [0, 0.05) is 25.5 Å². The molecule has 3 rings (SSSR count). The van der Waals surface area contributed by atoms with Crippen LogP contribution in [0, 0.1) is 11.8 Å². The molecule has 0 spiro atoms. The standard InChI is InChI=1S/C13H21N3O2S/c1-18-6-2-5-16-12(17)14-15-13(16)19-11-8-9-3-4-10(11)7-9/h9-11H,2-8H2,1H3,(H,14,17)/t9-,10+,11+/m0/s1.